The van der Waals surface area contributed by atoms with E-state index in [2.05, 4.69) is 36.2 Å². The van der Waals surface area contributed by atoms with Gasteiger partial charge in [-0.15, -0.1) is 0 Å². The zero-order valence-corrected chi connectivity index (χ0v) is 20.0. The molecule has 2 aromatic heterocycles. The maximum Gasteiger partial charge on any atom is 0.216 e. The predicted octanol–water partition coefficient (Wildman–Crippen LogP) is 3.89. The lowest BCUT2D eigenvalue weighted by molar-refractivity contribution is 0.551. The van der Waals surface area contributed by atoms with Crippen LogP contribution in [0.5, 0.6) is 0 Å². The second-order valence-corrected chi connectivity index (χ2v) is 10.5. The minimum Gasteiger partial charge on any atom is -0.340 e. The maximum absolute atomic E-state index is 12.5. The van der Waals surface area contributed by atoms with Crippen molar-refractivity contribution < 1.29 is 8.42 Å². The monoisotopic (exact) mass is 489 g/mol. The molecule has 4 aromatic rings. The molecule has 5 rings (SSSR count). The van der Waals surface area contributed by atoms with Gasteiger partial charge in [0.15, 0.2) is 0 Å². The van der Waals surface area contributed by atoms with Crippen molar-refractivity contribution in [1.29, 1.82) is 0 Å². The fraction of sp³-hybridized carbons (Fsp3) is 0.280. The minimum atomic E-state index is -3.35. The summed E-state index contributed by atoms with van der Waals surface area (Å²) < 4.78 is 29.5. The van der Waals surface area contributed by atoms with Crippen LogP contribution in [0, 0.1) is 0 Å². The lowest BCUT2D eigenvalue weighted by Crippen LogP contribution is -2.33. The van der Waals surface area contributed by atoms with Crippen LogP contribution in [0.1, 0.15) is 36.8 Å². The lowest BCUT2D eigenvalue weighted by atomic mass is 10.1. The first-order chi connectivity index (χ1) is 17.0. The Morgan fingerprint density at radius 1 is 0.943 bits per heavy atom. The molecule has 0 aliphatic heterocycles. The SMILES string of the molecule is O=S(=O)(Cc1ccc(Nc2cc(-c3cccc(Cn4cncn4)c3)ncn2)cc1)NC1CCCC1. The van der Waals surface area contributed by atoms with E-state index in [9.17, 15) is 8.42 Å². The van der Waals surface area contributed by atoms with Gasteiger partial charge in [0.25, 0.3) is 0 Å². The molecule has 0 unspecified atom stereocenters. The Labute approximate surface area is 204 Å². The second-order valence-electron chi connectivity index (χ2n) is 8.76. The highest BCUT2D eigenvalue weighted by Gasteiger charge is 2.21. The van der Waals surface area contributed by atoms with Crippen molar-refractivity contribution in [3.8, 4) is 11.3 Å². The van der Waals surface area contributed by atoms with Crippen molar-refractivity contribution in [2.24, 2.45) is 0 Å². The Morgan fingerprint density at radius 3 is 2.54 bits per heavy atom. The normalized spacial score (nSPS) is 14.3. The van der Waals surface area contributed by atoms with E-state index in [1.807, 2.05) is 48.5 Å². The molecule has 0 amide bonds. The molecule has 10 heteroatoms. The Morgan fingerprint density at radius 2 is 1.77 bits per heavy atom. The van der Waals surface area contributed by atoms with Crippen LogP contribution >= 0.6 is 0 Å². The zero-order chi connectivity index (χ0) is 24.1. The summed E-state index contributed by atoms with van der Waals surface area (Å²) in [4.78, 5) is 12.7. The first-order valence-electron chi connectivity index (χ1n) is 11.6. The number of aromatic nitrogens is 5. The molecule has 2 N–H and O–H groups in total. The predicted molar refractivity (Wildman–Crippen MR) is 134 cm³/mol. The van der Waals surface area contributed by atoms with Crippen LogP contribution in [0.25, 0.3) is 11.3 Å². The van der Waals surface area contributed by atoms with Crippen LogP contribution in [0.3, 0.4) is 0 Å². The summed E-state index contributed by atoms with van der Waals surface area (Å²) in [5, 5.41) is 7.43. The number of nitrogens with one attached hydrogen (secondary N) is 2. The Balaban J connectivity index is 1.24. The van der Waals surface area contributed by atoms with Gasteiger partial charge in [0, 0.05) is 23.4 Å². The first kappa shape index (κ1) is 23.1. The molecule has 1 fully saturated rings. The second kappa shape index (κ2) is 10.3. The highest BCUT2D eigenvalue weighted by atomic mass is 32.2. The van der Waals surface area contributed by atoms with E-state index in [0.29, 0.717) is 12.4 Å². The van der Waals surface area contributed by atoms with Crippen LogP contribution in [-0.4, -0.2) is 39.2 Å². The third-order valence-corrected chi connectivity index (χ3v) is 7.39. The molecule has 1 saturated carbocycles. The largest absolute Gasteiger partial charge is 0.340 e. The van der Waals surface area contributed by atoms with Gasteiger partial charge in [-0.05, 0) is 42.2 Å². The molecule has 1 aliphatic rings. The van der Waals surface area contributed by atoms with Gasteiger partial charge in [0.2, 0.25) is 10.0 Å². The Kier molecular flexibility index (Phi) is 6.82. The molecule has 0 spiro atoms. The van der Waals surface area contributed by atoms with Crippen molar-refractivity contribution in [2.75, 3.05) is 5.32 Å². The highest BCUT2D eigenvalue weighted by molar-refractivity contribution is 7.88. The van der Waals surface area contributed by atoms with Crippen molar-refractivity contribution in [3.05, 3.63) is 84.7 Å². The molecule has 180 valence electrons. The number of hydrogen-bond acceptors (Lipinski definition) is 7. The number of anilines is 2. The van der Waals surface area contributed by atoms with Gasteiger partial charge in [0.1, 0.15) is 24.8 Å². The molecular formula is C25H27N7O2S. The molecule has 2 heterocycles. The van der Waals surface area contributed by atoms with Gasteiger partial charge in [-0.3, -0.25) is 0 Å². The van der Waals surface area contributed by atoms with Crippen molar-refractivity contribution in [3.63, 3.8) is 0 Å². The van der Waals surface area contributed by atoms with Gasteiger partial charge in [-0.25, -0.2) is 32.8 Å². The van der Waals surface area contributed by atoms with Crippen LogP contribution in [0.4, 0.5) is 11.5 Å². The van der Waals surface area contributed by atoms with E-state index in [0.717, 1.165) is 53.8 Å². The third-order valence-electron chi connectivity index (χ3n) is 5.99. The minimum absolute atomic E-state index is 0.0215. The van der Waals surface area contributed by atoms with Gasteiger partial charge < -0.3 is 5.32 Å². The van der Waals surface area contributed by atoms with Crippen LogP contribution < -0.4 is 10.0 Å². The highest BCUT2D eigenvalue weighted by Crippen LogP contribution is 2.23. The number of benzene rings is 2. The summed E-state index contributed by atoms with van der Waals surface area (Å²) in [5.74, 6) is 0.631. The van der Waals surface area contributed by atoms with E-state index in [1.165, 1.54) is 12.7 Å². The molecule has 0 atom stereocenters. The fourth-order valence-corrected chi connectivity index (χ4v) is 5.76. The number of sulfonamides is 1. The summed E-state index contributed by atoms with van der Waals surface area (Å²) in [6.07, 6.45) is 8.76. The molecule has 0 bridgehead atoms. The standard InChI is InChI=1S/C25H27N7O2S/c33-35(34,31-23-6-1-2-7-23)15-19-8-10-22(11-9-19)30-25-13-24(27-17-28-25)21-5-3-4-20(12-21)14-32-18-26-16-29-32/h3-5,8-13,16-18,23,31H,1-2,6-7,14-15H2,(H,27,28,30). The average Bonchev–Trinajstić information content (AvgIpc) is 3.55. The summed E-state index contributed by atoms with van der Waals surface area (Å²) in [6.45, 7) is 0.627. The smallest absolute Gasteiger partial charge is 0.216 e. The Hall–Kier alpha value is -3.63. The van der Waals surface area contributed by atoms with Gasteiger partial charge >= 0.3 is 0 Å². The van der Waals surface area contributed by atoms with Crippen LogP contribution in [0.15, 0.2) is 73.6 Å². The van der Waals surface area contributed by atoms with E-state index in [1.54, 1.807) is 11.0 Å². The van der Waals surface area contributed by atoms with Gasteiger partial charge in [-0.2, -0.15) is 5.10 Å². The van der Waals surface area contributed by atoms with Crippen molar-refractivity contribution in [2.45, 2.75) is 44.0 Å². The molecule has 0 saturated heterocycles. The number of nitrogens with zero attached hydrogens (tertiary/aromatic N) is 5. The van der Waals surface area contributed by atoms with Crippen LogP contribution in [-0.2, 0) is 22.3 Å². The first-order valence-corrected chi connectivity index (χ1v) is 13.3. The van der Waals surface area contributed by atoms with Gasteiger partial charge in [-0.1, -0.05) is 43.2 Å². The molecular weight excluding hydrogens is 462 g/mol. The average molecular weight is 490 g/mol. The molecule has 9 nitrogen and oxygen atoms in total. The molecule has 1 aliphatic carbocycles. The van der Waals surface area contributed by atoms with E-state index in [-0.39, 0.29) is 11.8 Å². The molecule has 2 aromatic carbocycles. The summed E-state index contributed by atoms with van der Waals surface area (Å²) in [5.41, 5.74) is 4.43. The van der Waals surface area contributed by atoms with E-state index in [4.69, 9.17) is 0 Å². The molecule has 35 heavy (non-hydrogen) atoms. The number of rotatable bonds is 9. The summed E-state index contributed by atoms with van der Waals surface area (Å²) >= 11 is 0. The quantitative estimate of drug-likeness (QED) is 0.367. The summed E-state index contributed by atoms with van der Waals surface area (Å²) in [7, 11) is -3.35. The van der Waals surface area contributed by atoms with E-state index >= 15 is 0 Å². The molecule has 0 radical (unpaired) electrons. The number of hydrogen-bond donors (Lipinski definition) is 2. The van der Waals surface area contributed by atoms with Gasteiger partial charge in [0.05, 0.1) is 18.0 Å². The zero-order valence-electron chi connectivity index (χ0n) is 19.2. The topological polar surface area (TPSA) is 115 Å². The van der Waals surface area contributed by atoms with Crippen molar-refractivity contribution >= 4 is 21.5 Å². The van der Waals surface area contributed by atoms with E-state index < -0.39 is 10.0 Å². The summed E-state index contributed by atoms with van der Waals surface area (Å²) in [6, 6.07) is 17.4. The maximum atomic E-state index is 12.5. The van der Waals surface area contributed by atoms with Crippen LogP contribution in [0.2, 0.25) is 0 Å². The van der Waals surface area contributed by atoms with Crippen molar-refractivity contribution in [1.82, 2.24) is 29.5 Å². The lowest BCUT2D eigenvalue weighted by Gasteiger charge is -2.13. The fourth-order valence-electron chi connectivity index (χ4n) is 4.30. The Bertz CT molecular complexity index is 1370. The third kappa shape index (κ3) is 6.28.